The summed E-state index contributed by atoms with van der Waals surface area (Å²) in [5.74, 6) is -0.119. The smallest absolute Gasteiger partial charge is 0.261 e. The second-order valence-corrected chi connectivity index (χ2v) is 7.02. The fourth-order valence-corrected chi connectivity index (χ4v) is 4.49. The molecule has 5 heteroatoms. The number of nitrogens with zero attached hydrogens (tertiary/aromatic N) is 1. The number of likely N-dealkylation sites (tertiary alicyclic amines) is 1. The van der Waals surface area contributed by atoms with E-state index in [-0.39, 0.29) is 17.5 Å². The first kappa shape index (κ1) is 13.8. The quantitative estimate of drug-likeness (QED) is 0.926. The van der Waals surface area contributed by atoms with Crippen LogP contribution >= 0.6 is 11.3 Å². The van der Waals surface area contributed by atoms with Gasteiger partial charge in [-0.15, -0.1) is 11.3 Å². The van der Waals surface area contributed by atoms with Gasteiger partial charge >= 0.3 is 0 Å². The summed E-state index contributed by atoms with van der Waals surface area (Å²) in [6.07, 6.45) is 4.91. The van der Waals surface area contributed by atoms with Crippen LogP contribution in [-0.4, -0.2) is 22.3 Å². The number of pyridine rings is 1. The molecule has 0 bridgehead atoms. The number of nitrogens with one attached hydrogen (secondary N) is 1. The topological polar surface area (TPSA) is 53.2 Å². The zero-order valence-electron chi connectivity index (χ0n) is 12.3. The highest BCUT2D eigenvalue weighted by Crippen LogP contribution is 2.35. The molecule has 4 nitrogen and oxygen atoms in total. The number of rotatable bonds is 2. The van der Waals surface area contributed by atoms with Gasteiger partial charge in [0.1, 0.15) is 5.56 Å². The van der Waals surface area contributed by atoms with E-state index in [1.165, 1.54) is 4.88 Å². The Labute approximate surface area is 132 Å². The van der Waals surface area contributed by atoms with Gasteiger partial charge in [0.05, 0.1) is 6.04 Å². The van der Waals surface area contributed by atoms with Crippen molar-refractivity contribution in [3.63, 3.8) is 0 Å². The van der Waals surface area contributed by atoms with Crippen LogP contribution in [0.25, 0.3) is 0 Å². The molecule has 1 aliphatic heterocycles. The number of amides is 1. The largest absolute Gasteiger partial charge is 0.331 e. The maximum atomic E-state index is 12.9. The maximum absolute atomic E-state index is 12.9. The van der Waals surface area contributed by atoms with Crippen molar-refractivity contribution in [2.45, 2.75) is 38.1 Å². The number of aryl methyl sites for hydroxylation is 2. The van der Waals surface area contributed by atoms with Crippen molar-refractivity contribution in [1.82, 2.24) is 9.88 Å². The number of hydrogen-bond donors (Lipinski definition) is 1. The molecule has 0 saturated carbocycles. The Kier molecular flexibility index (Phi) is 3.37. The number of aromatic nitrogens is 1. The molecule has 0 radical (unpaired) electrons. The summed E-state index contributed by atoms with van der Waals surface area (Å²) in [4.78, 5) is 31.1. The maximum Gasteiger partial charge on any atom is 0.261 e. The van der Waals surface area contributed by atoms with Gasteiger partial charge in [0, 0.05) is 17.1 Å². The molecule has 1 fully saturated rings. The lowest BCUT2D eigenvalue weighted by molar-refractivity contribution is 0.0736. The number of aromatic amines is 1. The molecule has 4 rings (SSSR count). The molecule has 1 saturated heterocycles. The van der Waals surface area contributed by atoms with Crippen molar-refractivity contribution in [2.24, 2.45) is 0 Å². The number of fused-ring (bicyclic) bond motifs is 1. The molecule has 1 amide bonds. The van der Waals surface area contributed by atoms with Gasteiger partial charge in [-0.3, -0.25) is 9.59 Å². The van der Waals surface area contributed by atoms with Crippen LogP contribution in [-0.2, 0) is 12.8 Å². The van der Waals surface area contributed by atoms with E-state index < -0.39 is 0 Å². The fourth-order valence-electron chi connectivity index (χ4n) is 3.61. The number of carbonyl (C=O) groups excluding carboxylic acids is 1. The molecule has 1 atom stereocenters. The van der Waals surface area contributed by atoms with E-state index in [1.807, 2.05) is 22.4 Å². The van der Waals surface area contributed by atoms with Crippen LogP contribution < -0.4 is 5.56 Å². The van der Waals surface area contributed by atoms with Gasteiger partial charge in [0.15, 0.2) is 0 Å². The van der Waals surface area contributed by atoms with Gasteiger partial charge in [-0.25, -0.2) is 0 Å². The Morgan fingerprint density at radius 3 is 3.05 bits per heavy atom. The van der Waals surface area contributed by atoms with Gasteiger partial charge < -0.3 is 9.88 Å². The highest BCUT2D eigenvalue weighted by molar-refractivity contribution is 7.10. The first-order valence-electron chi connectivity index (χ1n) is 7.83. The molecule has 114 valence electrons. The molecule has 0 spiro atoms. The first-order chi connectivity index (χ1) is 10.7. The minimum absolute atomic E-state index is 0.119. The molecule has 1 N–H and O–H groups in total. The third-order valence-electron chi connectivity index (χ3n) is 4.70. The Hall–Kier alpha value is -1.88. The summed E-state index contributed by atoms with van der Waals surface area (Å²) in [5.41, 5.74) is 2.22. The molecular weight excluding hydrogens is 296 g/mol. The summed E-state index contributed by atoms with van der Waals surface area (Å²) in [6, 6.07) is 6.05. The van der Waals surface area contributed by atoms with Crippen LogP contribution in [0.4, 0.5) is 0 Å². The lowest BCUT2D eigenvalue weighted by atomic mass is 10.1. The number of hydrogen-bond acceptors (Lipinski definition) is 3. The average Bonchev–Trinajstić information content (AvgIpc) is 3.25. The summed E-state index contributed by atoms with van der Waals surface area (Å²) < 4.78 is 0. The Bertz CT molecular complexity index is 763. The molecular formula is C17H18N2O2S. The van der Waals surface area contributed by atoms with Gasteiger partial charge in [-0.05, 0) is 55.2 Å². The second kappa shape index (κ2) is 5.39. The highest BCUT2D eigenvalue weighted by Gasteiger charge is 2.32. The predicted octanol–water partition coefficient (Wildman–Crippen LogP) is 2.90. The predicted molar refractivity (Wildman–Crippen MR) is 86.4 cm³/mol. The minimum atomic E-state index is -0.234. The van der Waals surface area contributed by atoms with Crippen molar-refractivity contribution in [2.75, 3.05) is 6.54 Å². The summed E-state index contributed by atoms with van der Waals surface area (Å²) in [7, 11) is 0. The second-order valence-electron chi connectivity index (χ2n) is 6.04. The van der Waals surface area contributed by atoms with E-state index >= 15 is 0 Å². The number of H-pyrrole nitrogens is 1. The van der Waals surface area contributed by atoms with Crippen LogP contribution in [0.15, 0.2) is 28.4 Å². The molecule has 2 aromatic heterocycles. The molecule has 2 aromatic rings. The van der Waals surface area contributed by atoms with Crippen molar-refractivity contribution in [3.8, 4) is 0 Å². The van der Waals surface area contributed by atoms with Crippen molar-refractivity contribution in [3.05, 3.63) is 55.6 Å². The Balaban J connectivity index is 1.68. The van der Waals surface area contributed by atoms with Crippen molar-refractivity contribution >= 4 is 17.2 Å². The van der Waals surface area contributed by atoms with E-state index in [0.717, 1.165) is 49.9 Å². The summed E-state index contributed by atoms with van der Waals surface area (Å²) in [6.45, 7) is 0.734. The van der Waals surface area contributed by atoms with Crippen LogP contribution in [0.5, 0.6) is 0 Å². The lowest BCUT2D eigenvalue weighted by Gasteiger charge is -2.23. The standard InChI is InChI=1S/C17H18N2O2S/c20-16-12(10-11-4-1-5-13(11)18-16)17(21)19-8-2-6-14(19)15-7-3-9-22-15/h3,7,9-10,14H,1-2,4-6,8H2,(H,18,20)/t14-/m0/s1. The third-order valence-corrected chi connectivity index (χ3v) is 5.68. The van der Waals surface area contributed by atoms with Crippen molar-refractivity contribution in [1.29, 1.82) is 0 Å². The van der Waals surface area contributed by atoms with Crippen molar-refractivity contribution < 1.29 is 4.79 Å². The molecule has 3 heterocycles. The summed E-state index contributed by atoms with van der Waals surface area (Å²) >= 11 is 1.68. The zero-order valence-corrected chi connectivity index (χ0v) is 13.1. The molecule has 1 aliphatic carbocycles. The van der Waals surface area contributed by atoms with Crippen LogP contribution in [0.2, 0.25) is 0 Å². The highest BCUT2D eigenvalue weighted by atomic mass is 32.1. The van der Waals surface area contributed by atoms with E-state index in [4.69, 9.17) is 0 Å². The first-order valence-corrected chi connectivity index (χ1v) is 8.71. The number of carbonyl (C=O) groups is 1. The molecule has 22 heavy (non-hydrogen) atoms. The van der Waals surface area contributed by atoms with E-state index in [2.05, 4.69) is 11.1 Å². The van der Waals surface area contributed by atoms with Gasteiger partial charge in [-0.1, -0.05) is 6.07 Å². The monoisotopic (exact) mass is 314 g/mol. The van der Waals surface area contributed by atoms with Crippen LogP contribution in [0.1, 0.15) is 51.8 Å². The number of thiophene rings is 1. The Morgan fingerprint density at radius 2 is 2.23 bits per heavy atom. The molecule has 0 unspecified atom stereocenters. The Morgan fingerprint density at radius 1 is 1.32 bits per heavy atom. The van der Waals surface area contributed by atoms with E-state index in [0.29, 0.717) is 5.56 Å². The fraction of sp³-hybridized carbons (Fsp3) is 0.412. The average molecular weight is 314 g/mol. The SMILES string of the molecule is O=C(c1cc2c([nH]c1=O)CCC2)N1CCC[C@H]1c1cccs1. The van der Waals surface area contributed by atoms with Gasteiger partial charge in [0.25, 0.3) is 11.5 Å². The molecule has 2 aliphatic rings. The zero-order chi connectivity index (χ0) is 15.1. The van der Waals surface area contributed by atoms with E-state index in [1.54, 1.807) is 11.3 Å². The van der Waals surface area contributed by atoms with Gasteiger partial charge in [-0.2, -0.15) is 0 Å². The van der Waals surface area contributed by atoms with Crippen LogP contribution in [0, 0.1) is 0 Å². The normalized spacial score (nSPS) is 20.4. The van der Waals surface area contributed by atoms with Crippen LogP contribution in [0.3, 0.4) is 0 Å². The third kappa shape index (κ3) is 2.20. The molecule has 0 aromatic carbocycles. The summed E-state index contributed by atoms with van der Waals surface area (Å²) in [5, 5.41) is 2.04. The lowest BCUT2D eigenvalue weighted by Crippen LogP contribution is -2.34. The van der Waals surface area contributed by atoms with Gasteiger partial charge in [0.2, 0.25) is 0 Å². The van der Waals surface area contributed by atoms with E-state index in [9.17, 15) is 9.59 Å². The minimum Gasteiger partial charge on any atom is -0.331 e.